The van der Waals surface area contributed by atoms with E-state index in [9.17, 15) is 4.79 Å². The molecule has 2 aliphatic heterocycles. The second kappa shape index (κ2) is 12.9. The number of hydrogen-bond donors (Lipinski definition) is 0. The van der Waals surface area contributed by atoms with Crippen LogP contribution < -0.4 is 4.74 Å². The number of ketones is 1. The van der Waals surface area contributed by atoms with Gasteiger partial charge in [-0.3, -0.25) is 9.69 Å². The van der Waals surface area contributed by atoms with Crippen molar-refractivity contribution in [2.75, 3.05) is 39.3 Å². The third kappa shape index (κ3) is 6.91. The van der Waals surface area contributed by atoms with E-state index in [2.05, 4.69) is 53.1 Å². The summed E-state index contributed by atoms with van der Waals surface area (Å²) < 4.78 is 6.28. The van der Waals surface area contributed by atoms with Crippen LogP contribution in [0.5, 0.6) is 5.75 Å². The molecule has 0 unspecified atom stereocenters. The highest BCUT2D eigenvalue weighted by Crippen LogP contribution is 2.31. The van der Waals surface area contributed by atoms with E-state index in [1.54, 1.807) is 0 Å². The Balaban J connectivity index is 1.34. The second-order valence-electron chi connectivity index (χ2n) is 11.3. The maximum atomic E-state index is 14.1. The van der Waals surface area contributed by atoms with Crippen LogP contribution >= 0.6 is 0 Å². The van der Waals surface area contributed by atoms with Gasteiger partial charge in [-0.25, -0.2) is 0 Å². The number of hydrogen-bond acceptors (Lipinski definition) is 4. The van der Waals surface area contributed by atoms with E-state index in [4.69, 9.17) is 4.74 Å². The molecule has 2 heterocycles. The molecule has 2 saturated heterocycles. The van der Waals surface area contributed by atoms with Gasteiger partial charge < -0.3 is 9.64 Å². The van der Waals surface area contributed by atoms with E-state index in [1.165, 1.54) is 74.7 Å². The van der Waals surface area contributed by atoms with Gasteiger partial charge in [0.2, 0.25) is 0 Å². The zero-order chi connectivity index (χ0) is 25.5. The number of aryl methyl sites for hydroxylation is 2. The molecule has 2 fully saturated rings. The summed E-state index contributed by atoms with van der Waals surface area (Å²) in [7, 11) is 0. The first-order valence-electron chi connectivity index (χ1n) is 14.7. The fourth-order valence-corrected chi connectivity index (χ4v) is 6.43. The minimum absolute atomic E-state index is 0.272. The van der Waals surface area contributed by atoms with Gasteiger partial charge in [-0.1, -0.05) is 54.8 Å². The molecule has 0 atom stereocenters. The Hall–Kier alpha value is -2.43. The zero-order valence-corrected chi connectivity index (χ0v) is 22.7. The Morgan fingerprint density at radius 3 is 2.32 bits per heavy atom. The third-order valence-corrected chi connectivity index (χ3v) is 8.61. The molecule has 2 aromatic carbocycles. The fourth-order valence-electron chi connectivity index (χ4n) is 6.43. The van der Waals surface area contributed by atoms with Crippen LogP contribution in [0.25, 0.3) is 5.57 Å². The number of nitrogens with zero attached hydrogens (tertiary/aromatic N) is 2. The highest BCUT2D eigenvalue weighted by molar-refractivity contribution is 6.23. The van der Waals surface area contributed by atoms with Crippen LogP contribution in [-0.4, -0.2) is 61.0 Å². The lowest BCUT2D eigenvalue weighted by molar-refractivity contribution is -0.115. The summed E-state index contributed by atoms with van der Waals surface area (Å²) in [6, 6.07) is 17.5. The summed E-state index contributed by atoms with van der Waals surface area (Å²) >= 11 is 0. The van der Waals surface area contributed by atoms with Gasteiger partial charge in [-0.2, -0.15) is 0 Å². The number of ether oxygens (including phenoxy) is 1. The highest BCUT2D eigenvalue weighted by atomic mass is 16.5. The largest absolute Gasteiger partial charge is 0.489 e. The first kappa shape index (κ1) is 26.2. The van der Waals surface area contributed by atoms with Crippen molar-refractivity contribution < 1.29 is 9.53 Å². The molecular formula is C33H44N2O2. The van der Waals surface area contributed by atoms with Crippen LogP contribution in [0.1, 0.15) is 74.5 Å². The van der Waals surface area contributed by atoms with Gasteiger partial charge in [0.05, 0.1) is 6.54 Å². The Bertz CT molecular complexity index is 1060. The number of piperidine rings is 2. The fraction of sp³-hybridized carbons (Fsp3) is 0.545. The van der Waals surface area contributed by atoms with E-state index < -0.39 is 0 Å². The van der Waals surface area contributed by atoms with Crippen molar-refractivity contribution in [3.8, 4) is 5.75 Å². The van der Waals surface area contributed by atoms with Crippen molar-refractivity contribution in [3.05, 3.63) is 70.8 Å². The van der Waals surface area contributed by atoms with Crippen LogP contribution in [0.2, 0.25) is 0 Å². The van der Waals surface area contributed by atoms with Gasteiger partial charge in [0.25, 0.3) is 0 Å². The second-order valence-corrected chi connectivity index (χ2v) is 11.3. The maximum absolute atomic E-state index is 14.1. The highest BCUT2D eigenvalue weighted by Gasteiger charge is 2.28. The minimum atomic E-state index is 0.272. The maximum Gasteiger partial charge on any atom is 0.177 e. The van der Waals surface area contributed by atoms with Gasteiger partial charge in [0.15, 0.2) is 5.78 Å². The number of fused-ring (bicyclic) bond motifs is 1. The lowest BCUT2D eigenvalue weighted by Crippen LogP contribution is -2.47. The van der Waals surface area contributed by atoms with Gasteiger partial charge in [-0.15, -0.1) is 0 Å². The van der Waals surface area contributed by atoms with E-state index in [1.807, 2.05) is 12.1 Å². The summed E-state index contributed by atoms with van der Waals surface area (Å²) in [4.78, 5) is 19.2. The minimum Gasteiger partial charge on any atom is -0.489 e. The van der Waals surface area contributed by atoms with Gasteiger partial charge in [-0.05, 0) is 100 Å². The first-order chi connectivity index (χ1) is 18.2. The molecule has 0 amide bonds. The normalized spacial score (nSPS) is 22.5. The van der Waals surface area contributed by atoms with Crippen molar-refractivity contribution in [3.63, 3.8) is 0 Å². The average Bonchev–Trinajstić information content (AvgIpc) is 3.02. The molecular weight excluding hydrogens is 456 g/mol. The van der Waals surface area contributed by atoms with Crippen molar-refractivity contribution in [2.24, 2.45) is 0 Å². The number of Topliss-reactive ketones (excluding diaryl/α,β-unsaturated/α-hetero) is 1. The van der Waals surface area contributed by atoms with Crippen LogP contribution in [0.15, 0.2) is 54.1 Å². The topological polar surface area (TPSA) is 32.8 Å². The Morgan fingerprint density at radius 1 is 0.838 bits per heavy atom. The SMILES string of the molecule is Cc1ccc(OC/C2=C(\C(=O)CN3CCC(N4CCCCC4)CC3)c3ccccc3CCCCC2)cc1. The van der Waals surface area contributed by atoms with Crippen LogP contribution in [0.3, 0.4) is 0 Å². The first-order valence-corrected chi connectivity index (χ1v) is 14.7. The van der Waals surface area contributed by atoms with E-state index in [0.29, 0.717) is 19.2 Å². The number of likely N-dealkylation sites (tertiary alicyclic amines) is 2. The predicted molar refractivity (Wildman–Crippen MR) is 152 cm³/mol. The molecule has 4 nitrogen and oxygen atoms in total. The molecule has 0 radical (unpaired) electrons. The van der Waals surface area contributed by atoms with Gasteiger partial charge in [0, 0.05) is 24.7 Å². The standard InChI is InChI=1S/C33H44N2O2/c1-26-14-16-30(17-15-26)37-25-28-12-5-2-4-10-27-11-6-7-13-31(27)33(28)32(36)24-34-22-18-29(19-23-34)35-20-8-3-9-21-35/h6-7,11,13-17,29H,2-5,8-10,12,18-25H2,1H3/b33-28-. The lowest BCUT2D eigenvalue weighted by atomic mass is 9.90. The van der Waals surface area contributed by atoms with E-state index >= 15 is 0 Å². The molecule has 37 heavy (non-hydrogen) atoms. The molecule has 0 aromatic heterocycles. The summed E-state index contributed by atoms with van der Waals surface area (Å²) in [5, 5.41) is 0. The Labute approximate surface area is 223 Å². The van der Waals surface area contributed by atoms with Crippen molar-refractivity contribution in [2.45, 2.75) is 77.2 Å². The molecule has 198 valence electrons. The summed E-state index contributed by atoms with van der Waals surface area (Å²) in [6.07, 6.45) is 11.9. The average molecular weight is 501 g/mol. The summed E-state index contributed by atoms with van der Waals surface area (Å²) in [6.45, 7) is 7.66. The molecule has 0 saturated carbocycles. The van der Waals surface area contributed by atoms with Gasteiger partial charge >= 0.3 is 0 Å². The molecule has 0 spiro atoms. The molecule has 5 rings (SSSR count). The molecule has 2 aromatic rings. The summed E-state index contributed by atoms with van der Waals surface area (Å²) in [5.74, 6) is 1.14. The molecule has 1 aliphatic carbocycles. The van der Waals surface area contributed by atoms with Crippen molar-refractivity contribution in [1.29, 1.82) is 0 Å². The third-order valence-electron chi connectivity index (χ3n) is 8.61. The lowest BCUT2D eigenvalue weighted by Gasteiger charge is -2.40. The Kier molecular flexibility index (Phi) is 9.12. The van der Waals surface area contributed by atoms with Crippen LogP contribution in [0.4, 0.5) is 0 Å². The quantitative estimate of drug-likeness (QED) is 0.437. The number of rotatable bonds is 7. The van der Waals surface area contributed by atoms with Crippen LogP contribution in [-0.2, 0) is 11.2 Å². The number of carbonyl (C=O) groups excluding carboxylic acids is 1. The molecule has 0 N–H and O–H groups in total. The van der Waals surface area contributed by atoms with Crippen molar-refractivity contribution in [1.82, 2.24) is 9.80 Å². The van der Waals surface area contributed by atoms with Crippen molar-refractivity contribution >= 4 is 11.4 Å². The van der Waals surface area contributed by atoms with E-state index in [0.717, 1.165) is 49.2 Å². The number of carbonyl (C=O) groups is 1. The zero-order valence-electron chi connectivity index (χ0n) is 22.7. The predicted octanol–water partition coefficient (Wildman–Crippen LogP) is 6.46. The molecule has 0 bridgehead atoms. The smallest absolute Gasteiger partial charge is 0.177 e. The van der Waals surface area contributed by atoms with Crippen LogP contribution in [0, 0.1) is 6.92 Å². The summed E-state index contributed by atoms with van der Waals surface area (Å²) in [5.41, 5.74) is 5.78. The monoisotopic (exact) mass is 500 g/mol. The molecule has 3 aliphatic rings. The van der Waals surface area contributed by atoms with E-state index in [-0.39, 0.29) is 5.78 Å². The molecule has 4 heteroatoms. The Morgan fingerprint density at radius 2 is 1.54 bits per heavy atom. The van der Waals surface area contributed by atoms with Gasteiger partial charge in [0.1, 0.15) is 12.4 Å². The number of benzene rings is 2.